The van der Waals surface area contributed by atoms with Gasteiger partial charge < -0.3 is 9.52 Å². The Labute approximate surface area is 202 Å². The number of aryl methyl sites for hydroxylation is 1. The second-order valence-electron chi connectivity index (χ2n) is 8.03. The van der Waals surface area contributed by atoms with Crippen LogP contribution in [0.25, 0.3) is 10.2 Å². The van der Waals surface area contributed by atoms with Crippen molar-refractivity contribution in [2.24, 2.45) is 0 Å². The van der Waals surface area contributed by atoms with Gasteiger partial charge in [0.25, 0.3) is 5.91 Å². The van der Waals surface area contributed by atoms with E-state index in [-0.39, 0.29) is 21.4 Å². The lowest BCUT2D eigenvalue weighted by atomic mass is 9.95. The van der Waals surface area contributed by atoms with E-state index in [2.05, 4.69) is 4.98 Å². The van der Waals surface area contributed by atoms with Gasteiger partial charge in [0.1, 0.15) is 11.6 Å². The molecule has 3 heterocycles. The standard InChI is InChI=1S/C24H17FN2O6S2/c1-12-3-10-17(33-12)21(28)19-20(13-4-6-14(25)7-5-13)27(23(30)22(19)29)24-26-16-9-8-15(35(2,31)32)11-18(16)34-24/h3-11,20,29H,1-2H3. The van der Waals surface area contributed by atoms with Crippen molar-refractivity contribution in [1.29, 1.82) is 0 Å². The van der Waals surface area contributed by atoms with Crippen LogP contribution in [0.15, 0.2) is 75.2 Å². The summed E-state index contributed by atoms with van der Waals surface area (Å²) in [5.74, 6) is -2.43. The van der Waals surface area contributed by atoms with Gasteiger partial charge in [-0.2, -0.15) is 0 Å². The number of Topliss-reactive ketones (excluding diaryl/α,β-unsaturated/α-hetero) is 1. The van der Waals surface area contributed by atoms with Crippen LogP contribution in [-0.4, -0.2) is 36.5 Å². The molecule has 11 heteroatoms. The van der Waals surface area contributed by atoms with Crippen molar-refractivity contribution in [3.8, 4) is 0 Å². The lowest BCUT2D eigenvalue weighted by Crippen LogP contribution is -2.30. The van der Waals surface area contributed by atoms with E-state index in [1.165, 1.54) is 48.5 Å². The number of aromatic nitrogens is 1. The van der Waals surface area contributed by atoms with Crippen LogP contribution in [-0.2, 0) is 14.6 Å². The summed E-state index contributed by atoms with van der Waals surface area (Å²) >= 11 is 1.03. The zero-order valence-electron chi connectivity index (χ0n) is 18.4. The van der Waals surface area contributed by atoms with Crippen LogP contribution in [0.4, 0.5) is 9.52 Å². The topological polar surface area (TPSA) is 118 Å². The maximum atomic E-state index is 13.7. The zero-order chi connectivity index (χ0) is 25.1. The van der Waals surface area contributed by atoms with Crippen LogP contribution in [0.2, 0.25) is 0 Å². The number of amides is 1. The fourth-order valence-electron chi connectivity index (χ4n) is 3.91. The molecule has 0 saturated heterocycles. The molecule has 2 aromatic heterocycles. The number of carbonyl (C=O) groups is 2. The maximum absolute atomic E-state index is 13.7. The van der Waals surface area contributed by atoms with Crippen molar-refractivity contribution >= 4 is 48.2 Å². The maximum Gasteiger partial charge on any atom is 0.296 e. The number of halogens is 1. The Morgan fingerprint density at radius 1 is 1.14 bits per heavy atom. The number of furan rings is 1. The van der Waals surface area contributed by atoms with E-state index in [9.17, 15) is 27.5 Å². The molecular weight excluding hydrogens is 495 g/mol. The van der Waals surface area contributed by atoms with Crippen LogP contribution < -0.4 is 4.90 Å². The first kappa shape index (κ1) is 22.9. The van der Waals surface area contributed by atoms with Crippen LogP contribution in [0.1, 0.15) is 27.9 Å². The fraction of sp³-hybridized carbons (Fsp3) is 0.125. The molecule has 8 nitrogen and oxygen atoms in total. The molecular formula is C24H17FN2O6S2. The highest BCUT2D eigenvalue weighted by Crippen LogP contribution is 2.44. The number of benzene rings is 2. The normalized spacial score (nSPS) is 16.5. The SMILES string of the molecule is Cc1ccc(C(=O)C2=C(O)C(=O)N(c3nc4ccc(S(C)(=O)=O)cc4s3)C2c2ccc(F)cc2)o1. The molecule has 4 aromatic rings. The van der Waals surface area contributed by atoms with Crippen molar-refractivity contribution < 1.29 is 31.9 Å². The number of carbonyl (C=O) groups excluding carboxylic acids is 2. The summed E-state index contributed by atoms with van der Waals surface area (Å²) in [5, 5.41) is 10.9. The third-order valence-corrected chi connectivity index (χ3v) is 7.71. The summed E-state index contributed by atoms with van der Waals surface area (Å²) in [7, 11) is -3.47. The predicted molar refractivity (Wildman–Crippen MR) is 127 cm³/mol. The second kappa shape index (κ2) is 8.14. The molecule has 1 aliphatic rings. The largest absolute Gasteiger partial charge is 0.503 e. The summed E-state index contributed by atoms with van der Waals surface area (Å²) in [6.07, 6.45) is 1.08. The number of nitrogens with zero attached hydrogens (tertiary/aromatic N) is 2. The van der Waals surface area contributed by atoms with E-state index in [4.69, 9.17) is 4.42 Å². The van der Waals surface area contributed by atoms with Crippen molar-refractivity contribution in [3.05, 3.63) is 88.8 Å². The Hall–Kier alpha value is -3.83. The molecule has 0 fully saturated rings. The van der Waals surface area contributed by atoms with Crippen molar-refractivity contribution in [2.45, 2.75) is 17.9 Å². The number of rotatable bonds is 5. The molecule has 0 aliphatic carbocycles. The third kappa shape index (κ3) is 3.92. The second-order valence-corrected chi connectivity index (χ2v) is 11.1. The van der Waals surface area contributed by atoms with Crippen molar-refractivity contribution in [1.82, 2.24) is 4.98 Å². The van der Waals surface area contributed by atoms with Crippen molar-refractivity contribution in [2.75, 3.05) is 11.2 Å². The highest BCUT2D eigenvalue weighted by atomic mass is 32.2. The summed E-state index contributed by atoms with van der Waals surface area (Å²) in [5.41, 5.74) is 0.572. The van der Waals surface area contributed by atoms with Gasteiger partial charge in [0.2, 0.25) is 5.78 Å². The van der Waals surface area contributed by atoms with Gasteiger partial charge in [-0.1, -0.05) is 23.5 Å². The number of hydrogen-bond donors (Lipinski definition) is 1. The van der Waals surface area contributed by atoms with Gasteiger partial charge >= 0.3 is 0 Å². The van der Waals surface area contributed by atoms with E-state index >= 15 is 0 Å². The first-order valence-electron chi connectivity index (χ1n) is 10.3. The van der Waals surface area contributed by atoms with Crippen LogP contribution >= 0.6 is 11.3 Å². The van der Waals surface area contributed by atoms with Gasteiger partial charge in [0.15, 0.2) is 26.5 Å². The van der Waals surface area contributed by atoms with E-state index in [0.717, 1.165) is 22.5 Å². The fourth-order valence-corrected chi connectivity index (χ4v) is 5.66. The average Bonchev–Trinajstić information content (AvgIpc) is 3.49. The Morgan fingerprint density at radius 3 is 2.49 bits per heavy atom. The Balaban J connectivity index is 1.67. The summed E-state index contributed by atoms with van der Waals surface area (Å²) in [6.45, 7) is 1.65. The number of aliphatic hydroxyl groups is 1. The molecule has 0 bridgehead atoms. The molecule has 0 radical (unpaired) electrons. The summed E-state index contributed by atoms with van der Waals surface area (Å²) in [4.78, 5) is 32.3. The summed E-state index contributed by atoms with van der Waals surface area (Å²) in [6, 6.07) is 11.5. The molecule has 2 aromatic carbocycles. The number of aliphatic hydroxyl groups excluding tert-OH is 1. The molecule has 1 amide bonds. The van der Waals surface area contributed by atoms with Gasteiger partial charge in [-0.3, -0.25) is 14.5 Å². The predicted octanol–water partition coefficient (Wildman–Crippen LogP) is 4.52. The molecule has 35 heavy (non-hydrogen) atoms. The lowest BCUT2D eigenvalue weighted by molar-refractivity contribution is -0.117. The average molecular weight is 513 g/mol. The van der Waals surface area contributed by atoms with Gasteiger partial charge in [-0.05, 0) is 55.0 Å². The van der Waals surface area contributed by atoms with Gasteiger partial charge in [-0.25, -0.2) is 17.8 Å². The molecule has 1 atom stereocenters. The molecule has 1 N–H and O–H groups in total. The molecule has 0 spiro atoms. The Kier molecular flexibility index (Phi) is 5.33. The Morgan fingerprint density at radius 2 is 1.86 bits per heavy atom. The van der Waals surface area contributed by atoms with Crippen molar-refractivity contribution in [3.63, 3.8) is 0 Å². The van der Waals surface area contributed by atoms with Crippen LogP contribution in [0.3, 0.4) is 0 Å². The first-order chi connectivity index (χ1) is 16.5. The molecule has 1 aliphatic heterocycles. The summed E-state index contributed by atoms with van der Waals surface area (Å²) < 4.78 is 43.5. The van der Waals surface area contributed by atoms with E-state index < -0.39 is 39.1 Å². The highest BCUT2D eigenvalue weighted by Gasteiger charge is 2.46. The minimum atomic E-state index is -3.47. The highest BCUT2D eigenvalue weighted by molar-refractivity contribution is 7.90. The van der Waals surface area contributed by atoms with Gasteiger partial charge in [-0.15, -0.1) is 0 Å². The Bertz CT molecular complexity index is 1650. The number of sulfone groups is 1. The lowest BCUT2D eigenvalue weighted by Gasteiger charge is -2.24. The number of anilines is 1. The van der Waals surface area contributed by atoms with Gasteiger partial charge in [0.05, 0.1) is 26.7 Å². The quantitative estimate of drug-likeness (QED) is 0.391. The van der Waals surface area contributed by atoms with Crippen LogP contribution in [0.5, 0.6) is 0 Å². The first-order valence-corrected chi connectivity index (χ1v) is 13.0. The molecule has 1 unspecified atom stereocenters. The van der Waals surface area contributed by atoms with Crippen LogP contribution in [0, 0.1) is 12.7 Å². The smallest absolute Gasteiger partial charge is 0.296 e. The minimum absolute atomic E-state index is 0.0621. The number of hydrogen-bond acceptors (Lipinski definition) is 8. The van der Waals surface area contributed by atoms with E-state index in [1.807, 2.05) is 0 Å². The van der Waals surface area contributed by atoms with E-state index in [0.29, 0.717) is 21.5 Å². The number of fused-ring (bicyclic) bond motifs is 1. The molecule has 5 rings (SSSR count). The third-order valence-electron chi connectivity index (χ3n) is 5.59. The zero-order valence-corrected chi connectivity index (χ0v) is 20.0. The molecule has 178 valence electrons. The minimum Gasteiger partial charge on any atom is -0.503 e. The number of thiazole rings is 1. The van der Waals surface area contributed by atoms with E-state index in [1.54, 1.807) is 13.0 Å². The molecule has 0 saturated carbocycles. The number of ketones is 1. The van der Waals surface area contributed by atoms with Gasteiger partial charge in [0, 0.05) is 6.26 Å². The monoisotopic (exact) mass is 512 g/mol.